The molecular weight excluding hydrogens is 605 g/mol. The van der Waals surface area contributed by atoms with Crippen LogP contribution in [-0.2, 0) is 6.18 Å². The highest BCUT2D eigenvalue weighted by Crippen LogP contribution is 2.46. The summed E-state index contributed by atoms with van der Waals surface area (Å²) < 4.78 is 48.0. The summed E-state index contributed by atoms with van der Waals surface area (Å²) in [6.45, 7) is 11.8. The van der Waals surface area contributed by atoms with Crippen molar-refractivity contribution in [3.8, 4) is 28.6 Å². The molecule has 0 aliphatic heterocycles. The number of nitrogens with zero attached hydrogens (tertiary/aromatic N) is 4. The first-order valence-electron chi connectivity index (χ1n) is 15.4. The van der Waals surface area contributed by atoms with Crippen LogP contribution in [0.1, 0.15) is 22.3 Å². The predicted molar refractivity (Wildman–Crippen MR) is 186 cm³/mol. The fraction of sp³-hybridized carbons (Fsp3) is 0.0732. The third-order valence-electron chi connectivity index (χ3n) is 9.11. The number of fused-ring (bicyclic) bond motifs is 6. The second kappa shape index (κ2) is 10.6. The lowest BCUT2D eigenvalue weighted by molar-refractivity contribution is -0.137. The molecule has 8 rings (SSSR count). The molecule has 0 aliphatic carbocycles. The van der Waals surface area contributed by atoms with Crippen molar-refractivity contribution in [3.63, 3.8) is 0 Å². The van der Waals surface area contributed by atoms with Gasteiger partial charge in [0.25, 0.3) is 0 Å². The Morgan fingerprint density at radius 2 is 1.12 bits per heavy atom. The summed E-state index contributed by atoms with van der Waals surface area (Å²) in [6, 6.07) is 37.2. The zero-order valence-electron chi connectivity index (χ0n) is 25.9. The van der Waals surface area contributed by atoms with Gasteiger partial charge in [0, 0.05) is 21.5 Å². The maximum Gasteiger partial charge on any atom is 0.415 e. The first-order chi connectivity index (χ1) is 23.2. The molecular formula is C41H25F3N4. The zero-order chi connectivity index (χ0) is 33.3. The van der Waals surface area contributed by atoms with Crippen molar-refractivity contribution in [2.24, 2.45) is 0 Å². The maximum absolute atomic E-state index is 14.7. The molecule has 2 heterocycles. The highest BCUT2D eigenvalue weighted by molar-refractivity contribution is 6.11. The minimum absolute atomic E-state index is 0.123. The monoisotopic (exact) mass is 630 g/mol. The highest BCUT2D eigenvalue weighted by atomic mass is 19.4. The van der Waals surface area contributed by atoms with Crippen molar-refractivity contribution in [3.05, 3.63) is 149 Å². The summed E-state index contributed by atoms with van der Waals surface area (Å²) in [7, 11) is 0. The summed E-state index contributed by atoms with van der Waals surface area (Å²) in [5, 5.41) is 14.9. The van der Waals surface area contributed by atoms with Gasteiger partial charge in [0.1, 0.15) is 11.6 Å². The molecule has 0 radical (unpaired) electrons. The average molecular weight is 631 g/mol. The molecule has 0 bridgehead atoms. The second-order valence-corrected chi connectivity index (χ2v) is 12.1. The fourth-order valence-electron chi connectivity index (χ4n) is 7.08. The molecule has 8 aromatic rings. The largest absolute Gasteiger partial charge is 0.415 e. The summed E-state index contributed by atoms with van der Waals surface area (Å²) in [6.07, 6.45) is -4.72. The first-order valence-corrected chi connectivity index (χ1v) is 15.4. The zero-order valence-corrected chi connectivity index (χ0v) is 25.9. The van der Waals surface area contributed by atoms with Gasteiger partial charge in [-0.2, -0.15) is 18.4 Å². The van der Waals surface area contributed by atoms with Crippen LogP contribution in [0, 0.1) is 31.8 Å². The van der Waals surface area contributed by atoms with Crippen LogP contribution in [0.15, 0.2) is 115 Å². The van der Waals surface area contributed by atoms with Crippen LogP contribution in [-0.4, -0.2) is 9.13 Å². The van der Waals surface area contributed by atoms with Crippen LogP contribution in [0.5, 0.6) is 0 Å². The molecule has 230 valence electrons. The molecule has 0 N–H and O–H groups in total. The third kappa shape index (κ3) is 4.29. The van der Waals surface area contributed by atoms with Crippen LogP contribution in [0.2, 0.25) is 0 Å². The molecule has 48 heavy (non-hydrogen) atoms. The van der Waals surface area contributed by atoms with E-state index in [4.69, 9.17) is 6.57 Å². The Morgan fingerprint density at radius 3 is 1.60 bits per heavy atom. The summed E-state index contributed by atoms with van der Waals surface area (Å²) in [5.74, 6) is 0. The normalized spacial score (nSPS) is 11.8. The smallest absolute Gasteiger partial charge is 0.308 e. The number of alkyl halides is 3. The van der Waals surface area contributed by atoms with Crippen LogP contribution in [0.25, 0.3) is 71.0 Å². The first kappa shape index (κ1) is 29.1. The van der Waals surface area contributed by atoms with Crippen molar-refractivity contribution >= 4 is 49.3 Å². The van der Waals surface area contributed by atoms with E-state index < -0.39 is 11.7 Å². The lowest BCUT2D eigenvalue weighted by atomic mass is 9.94. The second-order valence-electron chi connectivity index (χ2n) is 12.1. The molecule has 0 fully saturated rings. The Kier molecular flexibility index (Phi) is 6.44. The van der Waals surface area contributed by atoms with Gasteiger partial charge in [-0.1, -0.05) is 78.9 Å². The number of para-hydroxylation sites is 2. The third-order valence-corrected chi connectivity index (χ3v) is 9.11. The Balaban J connectivity index is 1.62. The van der Waals surface area contributed by atoms with Gasteiger partial charge in [0.15, 0.2) is 5.69 Å². The Hall–Kier alpha value is -6.31. The number of hydrogen-bond acceptors (Lipinski definition) is 1. The molecule has 0 saturated heterocycles. The molecule has 0 atom stereocenters. The fourth-order valence-corrected chi connectivity index (χ4v) is 7.08. The number of benzene rings is 6. The molecule has 0 spiro atoms. The molecule has 0 unspecified atom stereocenters. The van der Waals surface area contributed by atoms with Gasteiger partial charge in [-0.3, -0.25) is 0 Å². The molecule has 6 aromatic carbocycles. The van der Waals surface area contributed by atoms with E-state index in [0.29, 0.717) is 16.9 Å². The van der Waals surface area contributed by atoms with Crippen molar-refractivity contribution < 1.29 is 13.2 Å². The lowest BCUT2D eigenvalue weighted by Crippen LogP contribution is -2.09. The van der Waals surface area contributed by atoms with Gasteiger partial charge >= 0.3 is 6.18 Å². The van der Waals surface area contributed by atoms with E-state index in [0.717, 1.165) is 60.8 Å². The van der Waals surface area contributed by atoms with Crippen molar-refractivity contribution in [2.75, 3.05) is 0 Å². The number of aromatic nitrogens is 2. The predicted octanol–water partition coefficient (Wildman–Crippen LogP) is 11.6. The Morgan fingerprint density at radius 1 is 0.625 bits per heavy atom. The quantitative estimate of drug-likeness (QED) is 0.179. The average Bonchev–Trinajstić information content (AvgIpc) is 3.58. The lowest BCUT2D eigenvalue weighted by Gasteiger charge is -2.21. The topological polar surface area (TPSA) is 38.0 Å². The molecule has 7 heteroatoms. The van der Waals surface area contributed by atoms with E-state index in [1.807, 2.05) is 108 Å². The van der Waals surface area contributed by atoms with Gasteiger partial charge in [-0.25, -0.2) is 4.85 Å². The van der Waals surface area contributed by atoms with Gasteiger partial charge in [-0.15, -0.1) is 0 Å². The molecule has 2 aromatic heterocycles. The minimum atomic E-state index is -4.72. The number of nitriles is 1. The van der Waals surface area contributed by atoms with Crippen molar-refractivity contribution in [1.82, 2.24) is 9.13 Å². The number of hydrogen-bond donors (Lipinski definition) is 0. The van der Waals surface area contributed by atoms with Crippen molar-refractivity contribution in [2.45, 2.75) is 20.0 Å². The summed E-state index contributed by atoms with van der Waals surface area (Å²) >= 11 is 0. The molecule has 0 saturated carbocycles. The number of halogens is 3. The van der Waals surface area contributed by atoms with E-state index in [9.17, 15) is 18.4 Å². The van der Waals surface area contributed by atoms with Crippen LogP contribution in [0.3, 0.4) is 0 Å². The van der Waals surface area contributed by atoms with Crippen LogP contribution < -0.4 is 0 Å². The standard InChI is InChI=1S/C41H25F3N4/c1-24-15-17-29-27-9-4-6-13-34(27)47(36(29)19-24)38-21-26(40-32(41(42,43)44)11-8-12-33(40)46-3)22-39(31(38)23-45)48-35-14-7-5-10-28(35)30-18-16-25(2)20-37(30)48/h4-22H,1-2H3. The van der Waals surface area contributed by atoms with E-state index in [1.54, 1.807) is 12.1 Å². The molecule has 4 nitrogen and oxygen atoms in total. The van der Waals surface area contributed by atoms with E-state index in [1.165, 1.54) is 12.1 Å². The number of aryl methyl sites for hydroxylation is 2. The minimum Gasteiger partial charge on any atom is -0.308 e. The SMILES string of the molecule is [C-]#[N+]c1cccc(C(F)(F)F)c1-c1cc(-n2c3ccccc3c3ccc(C)cc32)c(C#N)c(-n2c3ccccc3c3ccc(C)cc32)c1. The molecule has 0 aliphatic rings. The van der Waals surface area contributed by atoms with Gasteiger partial charge in [0.2, 0.25) is 0 Å². The van der Waals surface area contributed by atoms with Crippen LogP contribution >= 0.6 is 0 Å². The van der Waals surface area contributed by atoms with E-state index in [2.05, 4.69) is 10.9 Å². The van der Waals surface area contributed by atoms with E-state index >= 15 is 0 Å². The van der Waals surface area contributed by atoms with E-state index in [-0.39, 0.29) is 16.8 Å². The van der Waals surface area contributed by atoms with Crippen LogP contribution in [0.4, 0.5) is 18.9 Å². The maximum atomic E-state index is 14.7. The van der Waals surface area contributed by atoms with Gasteiger partial charge in [-0.05, 0) is 72.5 Å². The molecule has 0 amide bonds. The number of rotatable bonds is 3. The van der Waals surface area contributed by atoms with Crippen molar-refractivity contribution in [1.29, 1.82) is 5.26 Å². The van der Waals surface area contributed by atoms with Gasteiger partial charge < -0.3 is 9.13 Å². The Labute approximate surface area is 273 Å². The summed E-state index contributed by atoms with van der Waals surface area (Å²) in [5.41, 5.74) is 5.34. The Bertz CT molecular complexity index is 2570. The van der Waals surface area contributed by atoms with Gasteiger partial charge in [0.05, 0.1) is 45.6 Å². The summed E-state index contributed by atoms with van der Waals surface area (Å²) in [4.78, 5) is 3.54. The highest BCUT2D eigenvalue weighted by Gasteiger charge is 2.35.